The number of halogens is 3. The molecule has 9 heteroatoms. The Morgan fingerprint density at radius 1 is 1.25 bits per heavy atom. The van der Waals surface area contributed by atoms with Crippen molar-refractivity contribution < 1.29 is 17.7 Å². The zero-order chi connectivity index (χ0) is 17.3. The first kappa shape index (κ1) is 15.9. The zero-order valence-electron chi connectivity index (χ0n) is 12.3. The van der Waals surface area contributed by atoms with E-state index in [0.717, 1.165) is 0 Å². The number of hydrogen-bond acceptors (Lipinski definition) is 5. The predicted octanol–water partition coefficient (Wildman–Crippen LogP) is 2.99. The first-order valence-corrected chi connectivity index (χ1v) is 6.91. The summed E-state index contributed by atoms with van der Waals surface area (Å²) in [7, 11) is 0. The maximum Gasteiger partial charge on any atom is 0.471 e. The molecule has 0 aliphatic heterocycles. The highest BCUT2D eigenvalue weighted by atomic mass is 19.4. The van der Waals surface area contributed by atoms with Crippen LogP contribution in [0, 0.1) is 0 Å². The van der Waals surface area contributed by atoms with Gasteiger partial charge in [0.2, 0.25) is 5.82 Å². The highest BCUT2D eigenvalue weighted by molar-refractivity contribution is 5.60. The molecule has 3 aromatic rings. The monoisotopic (exact) mass is 336 g/mol. The first-order chi connectivity index (χ1) is 11.4. The maximum absolute atomic E-state index is 12.6. The van der Waals surface area contributed by atoms with Crippen LogP contribution in [-0.4, -0.2) is 20.1 Å². The fourth-order valence-corrected chi connectivity index (χ4v) is 2.34. The Balaban J connectivity index is 2.12. The van der Waals surface area contributed by atoms with Gasteiger partial charge >= 0.3 is 12.1 Å². The van der Waals surface area contributed by atoms with Crippen molar-refractivity contribution in [2.24, 2.45) is 0 Å². The topological polar surface area (TPSA) is 84.7 Å². The summed E-state index contributed by atoms with van der Waals surface area (Å²) in [4.78, 5) is 22.3. The lowest BCUT2D eigenvalue weighted by atomic mass is 9.94. The molecule has 0 amide bonds. The van der Waals surface area contributed by atoms with Gasteiger partial charge in [-0.15, -0.1) is 0 Å². The van der Waals surface area contributed by atoms with E-state index in [9.17, 15) is 18.0 Å². The number of aromatic nitrogens is 4. The van der Waals surface area contributed by atoms with Gasteiger partial charge in [-0.2, -0.15) is 18.2 Å². The molecule has 124 valence electrons. The second-order valence-corrected chi connectivity index (χ2v) is 5.03. The van der Waals surface area contributed by atoms with Gasteiger partial charge < -0.3 is 9.51 Å². The maximum atomic E-state index is 12.6. The fourth-order valence-electron chi connectivity index (χ4n) is 2.34. The van der Waals surface area contributed by atoms with Crippen LogP contribution in [0.5, 0.6) is 0 Å². The van der Waals surface area contributed by atoms with Crippen molar-refractivity contribution in [3.8, 4) is 11.4 Å². The van der Waals surface area contributed by atoms with Gasteiger partial charge in [0.05, 0.1) is 0 Å². The van der Waals surface area contributed by atoms with Crippen molar-refractivity contribution in [3.63, 3.8) is 0 Å². The van der Waals surface area contributed by atoms with E-state index in [4.69, 9.17) is 0 Å². The molecule has 3 aromatic heterocycles. The number of rotatable bonds is 3. The number of nitrogens with one attached hydrogen (secondary N) is 1. The van der Waals surface area contributed by atoms with Crippen LogP contribution < -0.4 is 5.56 Å². The van der Waals surface area contributed by atoms with Crippen LogP contribution in [-0.2, 0) is 6.18 Å². The molecule has 0 aliphatic carbocycles. The Morgan fingerprint density at radius 2 is 2.04 bits per heavy atom. The predicted molar refractivity (Wildman–Crippen MR) is 77.1 cm³/mol. The second kappa shape index (κ2) is 5.91. The molecule has 0 saturated heterocycles. The third-order valence-corrected chi connectivity index (χ3v) is 3.47. The number of hydrogen-bond donors (Lipinski definition) is 1. The number of pyridine rings is 2. The van der Waals surface area contributed by atoms with Crippen LogP contribution in [0.3, 0.4) is 0 Å². The molecular weight excluding hydrogens is 325 g/mol. The summed E-state index contributed by atoms with van der Waals surface area (Å²) < 4.78 is 42.2. The number of nitrogens with zero attached hydrogens (tertiary/aromatic N) is 3. The van der Waals surface area contributed by atoms with E-state index >= 15 is 0 Å². The molecule has 0 spiro atoms. The number of alkyl halides is 3. The van der Waals surface area contributed by atoms with E-state index in [1.54, 1.807) is 31.3 Å². The van der Waals surface area contributed by atoms with E-state index < -0.39 is 23.5 Å². The molecule has 3 heterocycles. The summed E-state index contributed by atoms with van der Waals surface area (Å²) in [5.41, 5.74) is 0.515. The van der Waals surface area contributed by atoms with Gasteiger partial charge in [-0.1, -0.05) is 18.1 Å². The summed E-state index contributed by atoms with van der Waals surface area (Å²) in [6, 6.07) is 6.63. The third-order valence-electron chi connectivity index (χ3n) is 3.47. The Hall–Kier alpha value is -2.97. The Kier molecular flexibility index (Phi) is 3.92. The van der Waals surface area contributed by atoms with E-state index in [2.05, 4.69) is 24.6 Å². The van der Waals surface area contributed by atoms with Gasteiger partial charge in [-0.3, -0.25) is 9.78 Å². The summed E-state index contributed by atoms with van der Waals surface area (Å²) in [6.07, 6.45) is -1.87. The van der Waals surface area contributed by atoms with Gasteiger partial charge in [0.25, 0.3) is 5.56 Å². The average molecular weight is 336 g/mol. The SMILES string of the molecule is CC(c1ccccn1)c1c(-c2noc(C(F)(F)F)n2)cc[nH]c1=O. The fraction of sp³-hybridized carbons (Fsp3) is 0.200. The highest BCUT2D eigenvalue weighted by Crippen LogP contribution is 2.32. The minimum absolute atomic E-state index is 0.163. The molecule has 0 radical (unpaired) electrons. The standard InChI is InChI=1S/C15H11F3N4O2/c1-8(10-4-2-3-6-19-10)11-9(5-7-20-13(11)23)12-21-14(24-22-12)15(16,17)18/h2-8H,1H3,(H,20,23). The molecule has 0 aliphatic rings. The van der Waals surface area contributed by atoms with Gasteiger partial charge in [0.1, 0.15) is 0 Å². The van der Waals surface area contributed by atoms with Gasteiger partial charge in [0.15, 0.2) is 0 Å². The molecule has 0 bridgehead atoms. The quantitative estimate of drug-likeness (QED) is 0.795. The first-order valence-electron chi connectivity index (χ1n) is 6.91. The molecule has 0 saturated carbocycles. The van der Waals surface area contributed by atoms with Crippen LogP contribution >= 0.6 is 0 Å². The summed E-state index contributed by atoms with van der Waals surface area (Å²) >= 11 is 0. The Labute approximate surface area is 133 Å². The van der Waals surface area contributed by atoms with Crippen molar-refractivity contribution in [3.05, 3.63) is 64.2 Å². The van der Waals surface area contributed by atoms with E-state index in [-0.39, 0.29) is 17.0 Å². The molecule has 24 heavy (non-hydrogen) atoms. The number of H-pyrrole nitrogens is 1. The molecule has 6 nitrogen and oxygen atoms in total. The van der Waals surface area contributed by atoms with Crippen molar-refractivity contribution >= 4 is 0 Å². The van der Waals surface area contributed by atoms with Crippen molar-refractivity contribution in [1.82, 2.24) is 20.1 Å². The molecule has 1 unspecified atom stereocenters. The van der Waals surface area contributed by atoms with Crippen LogP contribution in [0.25, 0.3) is 11.4 Å². The second-order valence-electron chi connectivity index (χ2n) is 5.03. The lowest BCUT2D eigenvalue weighted by molar-refractivity contribution is -0.159. The van der Waals surface area contributed by atoms with E-state index in [1.807, 2.05) is 0 Å². The third kappa shape index (κ3) is 2.92. The summed E-state index contributed by atoms with van der Waals surface area (Å²) in [5, 5.41) is 3.35. The molecule has 3 rings (SSSR count). The highest BCUT2D eigenvalue weighted by Gasteiger charge is 2.39. The minimum Gasteiger partial charge on any atom is -0.329 e. The molecule has 0 fully saturated rings. The molecule has 1 N–H and O–H groups in total. The smallest absolute Gasteiger partial charge is 0.329 e. The van der Waals surface area contributed by atoms with Crippen LogP contribution in [0.2, 0.25) is 0 Å². The summed E-state index contributed by atoms with van der Waals surface area (Å²) in [5.74, 6) is -2.24. The van der Waals surface area contributed by atoms with E-state index in [1.165, 1.54) is 12.3 Å². The minimum atomic E-state index is -4.75. The van der Waals surface area contributed by atoms with Crippen LogP contribution in [0.4, 0.5) is 13.2 Å². The Morgan fingerprint density at radius 3 is 2.67 bits per heavy atom. The summed E-state index contributed by atoms with van der Waals surface area (Å²) in [6.45, 7) is 1.72. The van der Waals surface area contributed by atoms with Gasteiger partial charge in [0, 0.05) is 35.1 Å². The van der Waals surface area contributed by atoms with Gasteiger partial charge in [-0.05, 0) is 18.2 Å². The molecule has 1 atom stereocenters. The van der Waals surface area contributed by atoms with Crippen molar-refractivity contribution in [2.45, 2.75) is 19.0 Å². The lowest BCUT2D eigenvalue weighted by Crippen LogP contribution is -2.17. The van der Waals surface area contributed by atoms with Crippen LogP contribution in [0.15, 0.2) is 46.0 Å². The average Bonchev–Trinajstić information content (AvgIpc) is 3.05. The largest absolute Gasteiger partial charge is 0.471 e. The van der Waals surface area contributed by atoms with Crippen LogP contribution in [0.1, 0.15) is 30.0 Å². The molecular formula is C15H11F3N4O2. The van der Waals surface area contributed by atoms with Gasteiger partial charge in [-0.25, -0.2) is 0 Å². The Bertz CT molecular complexity index is 903. The van der Waals surface area contributed by atoms with Crippen molar-refractivity contribution in [1.29, 1.82) is 0 Å². The van der Waals surface area contributed by atoms with Crippen molar-refractivity contribution in [2.75, 3.05) is 0 Å². The van der Waals surface area contributed by atoms with E-state index in [0.29, 0.717) is 5.69 Å². The molecule has 0 aromatic carbocycles. The number of aromatic amines is 1. The lowest BCUT2D eigenvalue weighted by Gasteiger charge is -2.13. The zero-order valence-corrected chi connectivity index (χ0v) is 12.3. The normalized spacial score (nSPS) is 13.0.